The molecule has 2 atom stereocenters. The first-order valence-electron chi connectivity index (χ1n) is 16.1. The van der Waals surface area contributed by atoms with Gasteiger partial charge in [-0.3, -0.25) is 0 Å². The molecule has 0 saturated heterocycles. The molecule has 0 heterocycles. The van der Waals surface area contributed by atoms with Crippen molar-refractivity contribution in [2.45, 2.75) is 137 Å². The number of hydrogen-bond donors (Lipinski definition) is 0. The van der Waals surface area contributed by atoms with E-state index >= 15 is 0 Å². The molecule has 0 spiro atoms. The van der Waals surface area contributed by atoms with E-state index in [9.17, 15) is 0 Å². The summed E-state index contributed by atoms with van der Waals surface area (Å²) in [7, 11) is 0. The van der Waals surface area contributed by atoms with Crippen molar-refractivity contribution in [3.05, 3.63) is 79.9 Å². The van der Waals surface area contributed by atoms with Gasteiger partial charge in [0.15, 0.2) is 0 Å². The zero-order valence-electron chi connectivity index (χ0n) is 27.5. The van der Waals surface area contributed by atoms with E-state index < -0.39 is 26.6 Å². The molecule has 0 N–H and O–H groups in total. The van der Waals surface area contributed by atoms with Gasteiger partial charge in [0, 0.05) is 0 Å². The molecule has 0 nitrogen and oxygen atoms in total. The Morgan fingerprint density at radius 1 is 0.550 bits per heavy atom. The topological polar surface area (TPSA) is 0 Å². The predicted octanol–water partition coefficient (Wildman–Crippen LogP) is 10.6. The van der Waals surface area contributed by atoms with Gasteiger partial charge in [0.1, 0.15) is 0 Å². The van der Waals surface area contributed by atoms with Crippen molar-refractivity contribution in [2.75, 3.05) is 0 Å². The number of allylic oxidation sites excluding steroid dienone is 2. The summed E-state index contributed by atoms with van der Waals surface area (Å²) < 4.78 is 1.50. The second-order valence-corrected chi connectivity index (χ2v) is 44.8. The Morgan fingerprint density at radius 2 is 0.850 bits per heavy atom. The van der Waals surface area contributed by atoms with Crippen LogP contribution < -0.4 is 0 Å². The van der Waals surface area contributed by atoms with Gasteiger partial charge in [0.2, 0.25) is 0 Å². The second-order valence-electron chi connectivity index (χ2n) is 16.9. The van der Waals surface area contributed by atoms with Gasteiger partial charge >= 0.3 is 256 Å². The Hall–Kier alpha value is -0.993. The molecule has 4 aliphatic carbocycles. The summed E-state index contributed by atoms with van der Waals surface area (Å²) in [5.74, 6) is -0.834. The standard InChI is InChI=1S/2C18H23.C2H7Si.Hf/c2*1-12-8-13-10-15-16(11-14(13)9-12)18(4,5)7-6-17(15,2)3;1-3-2;/h2*8-11H,6-7H2,1-5H3;3H,1-2H3;. The van der Waals surface area contributed by atoms with Crippen LogP contribution in [0, 0.1) is 0 Å². The number of fused-ring (bicyclic) bond motifs is 4. The molecule has 0 radical (unpaired) electrons. The summed E-state index contributed by atoms with van der Waals surface area (Å²) in [5.41, 5.74) is 17.6. The van der Waals surface area contributed by atoms with Crippen LogP contribution in [0.2, 0.25) is 13.1 Å². The first kappa shape index (κ1) is 29.1. The molecule has 213 valence electrons. The van der Waals surface area contributed by atoms with Crippen molar-refractivity contribution < 1.29 is 20.6 Å². The molecule has 0 saturated carbocycles. The van der Waals surface area contributed by atoms with Crippen LogP contribution in [0.4, 0.5) is 0 Å². The Kier molecular flexibility index (Phi) is 6.73. The molecule has 2 aromatic carbocycles. The van der Waals surface area contributed by atoms with E-state index in [4.69, 9.17) is 0 Å². The van der Waals surface area contributed by atoms with E-state index in [2.05, 4.69) is 119 Å². The summed E-state index contributed by atoms with van der Waals surface area (Å²) in [6.45, 7) is 30.4. The fourth-order valence-corrected chi connectivity index (χ4v) is 41.8. The maximum absolute atomic E-state index is 2.75. The molecular formula is C38H53HfSi. The predicted molar refractivity (Wildman–Crippen MR) is 175 cm³/mol. The van der Waals surface area contributed by atoms with Crippen molar-refractivity contribution in [3.8, 4) is 0 Å². The average molecular weight is 716 g/mol. The van der Waals surface area contributed by atoms with Crippen LogP contribution in [0.25, 0.3) is 12.2 Å². The zero-order valence-corrected chi connectivity index (χ0v) is 32.3. The third-order valence-electron chi connectivity index (χ3n) is 11.7. The van der Waals surface area contributed by atoms with Crippen LogP contribution >= 0.6 is 0 Å². The Labute approximate surface area is 254 Å². The van der Waals surface area contributed by atoms with Crippen LogP contribution in [0.3, 0.4) is 0 Å². The SMILES string of the molecule is CC1=Cc2cc3c(cc2[CH]1[Hf]([CH]1C(C)=Cc2cc4c(cc21)C(C)(C)CCC4(C)C)[SiH](C)C)C(C)(C)CCC3(C)C. The molecule has 2 unspecified atom stereocenters. The molecule has 0 aliphatic heterocycles. The van der Waals surface area contributed by atoms with Gasteiger partial charge in [0.25, 0.3) is 0 Å². The monoisotopic (exact) mass is 717 g/mol. The first-order chi connectivity index (χ1) is 18.4. The molecule has 4 aliphatic rings. The number of hydrogen-bond acceptors (Lipinski definition) is 0. The van der Waals surface area contributed by atoms with Crippen molar-refractivity contribution in [1.82, 2.24) is 0 Å². The summed E-state index contributed by atoms with van der Waals surface area (Å²) in [6, 6.07) is 10.8. The van der Waals surface area contributed by atoms with Crippen LogP contribution in [0.1, 0.15) is 147 Å². The van der Waals surface area contributed by atoms with Gasteiger partial charge in [0.05, 0.1) is 0 Å². The number of rotatable bonds is 3. The van der Waals surface area contributed by atoms with Gasteiger partial charge in [-0.15, -0.1) is 0 Å². The van der Waals surface area contributed by atoms with E-state index in [0.717, 1.165) is 7.35 Å². The van der Waals surface area contributed by atoms with Gasteiger partial charge in [-0.1, -0.05) is 0 Å². The van der Waals surface area contributed by atoms with Gasteiger partial charge in [-0.05, 0) is 0 Å². The molecular weight excluding hydrogens is 663 g/mol. The van der Waals surface area contributed by atoms with Crippen LogP contribution in [0.15, 0.2) is 35.4 Å². The average Bonchev–Trinajstić information content (AvgIpc) is 3.34. The third kappa shape index (κ3) is 4.35. The second kappa shape index (κ2) is 9.25. The van der Waals surface area contributed by atoms with Crippen molar-refractivity contribution in [2.24, 2.45) is 0 Å². The summed E-state index contributed by atoms with van der Waals surface area (Å²) in [6.07, 6.45) is 10.4. The molecule has 0 aromatic heterocycles. The Balaban J connectivity index is 1.50. The zero-order chi connectivity index (χ0) is 29.2. The van der Waals surface area contributed by atoms with Crippen molar-refractivity contribution in [3.63, 3.8) is 0 Å². The van der Waals surface area contributed by atoms with Gasteiger partial charge in [-0.2, -0.15) is 0 Å². The molecule has 0 amide bonds. The Morgan fingerprint density at radius 3 is 1.15 bits per heavy atom. The summed E-state index contributed by atoms with van der Waals surface area (Å²) in [5, 5.41) is 0. The maximum atomic E-state index is 2.75. The van der Waals surface area contributed by atoms with Crippen LogP contribution in [-0.2, 0) is 42.3 Å². The minimum absolute atomic E-state index is 0.273. The molecule has 6 rings (SSSR count). The first-order valence-corrected chi connectivity index (χ1v) is 29.3. The van der Waals surface area contributed by atoms with E-state index in [0.29, 0.717) is 0 Å². The van der Waals surface area contributed by atoms with E-state index in [1.54, 1.807) is 55.7 Å². The fraction of sp³-hybridized carbons (Fsp3) is 0.579. The van der Waals surface area contributed by atoms with Crippen molar-refractivity contribution >= 4 is 18.1 Å². The Bertz CT molecular complexity index is 1350. The molecule has 0 bridgehead atoms. The van der Waals surface area contributed by atoms with Gasteiger partial charge in [-0.25, -0.2) is 0 Å². The fourth-order valence-electron chi connectivity index (χ4n) is 8.91. The normalized spacial score (nSPS) is 26.4. The van der Waals surface area contributed by atoms with E-state index in [1.165, 1.54) is 25.7 Å². The molecule has 0 fully saturated rings. The molecule has 2 aromatic rings. The molecule has 40 heavy (non-hydrogen) atoms. The van der Waals surface area contributed by atoms with Gasteiger partial charge < -0.3 is 0 Å². The van der Waals surface area contributed by atoms with Crippen molar-refractivity contribution in [1.29, 1.82) is 0 Å². The van der Waals surface area contributed by atoms with Crippen LogP contribution in [-0.4, -0.2) is 5.98 Å². The van der Waals surface area contributed by atoms with E-state index in [-0.39, 0.29) is 21.7 Å². The summed E-state index contributed by atoms with van der Waals surface area (Å²) in [4.78, 5) is 0. The van der Waals surface area contributed by atoms with Crippen LogP contribution in [0.5, 0.6) is 0 Å². The summed E-state index contributed by atoms with van der Waals surface area (Å²) >= 11 is -2.25. The quantitative estimate of drug-likeness (QED) is 0.278. The van der Waals surface area contributed by atoms with E-state index in [1.807, 2.05) is 0 Å². The third-order valence-corrected chi connectivity index (χ3v) is 43.2. The number of benzene rings is 2. The molecule has 2 heteroatoms. The minimum atomic E-state index is -2.25.